The van der Waals surface area contributed by atoms with Gasteiger partial charge in [-0.15, -0.1) is 0 Å². The van der Waals surface area contributed by atoms with E-state index in [0.29, 0.717) is 4.53 Å². The number of para-hydroxylation sites is 1. The number of aromatic nitrogens is 5. The highest BCUT2D eigenvalue weighted by Crippen LogP contribution is 2.28. The van der Waals surface area contributed by atoms with Crippen LogP contribution in [0.3, 0.4) is 0 Å². The number of fused-ring (bicyclic) bond motifs is 1. The summed E-state index contributed by atoms with van der Waals surface area (Å²) in [7, 11) is 1.60. The Labute approximate surface area is 233 Å². The van der Waals surface area contributed by atoms with E-state index in [1.807, 2.05) is 79.3 Å². The average molecular weight is 548 g/mol. The normalized spacial score (nSPS) is 11.8. The van der Waals surface area contributed by atoms with Crippen LogP contribution in [0.4, 0.5) is 0 Å². The van der Waals surface area contributed by atoms with Crippen molar-refractivity contribution in [3.8, 4) is 22.7 Å². The van der Waals surface area contributed by atoms with Crippen molar-refractivity contribution in [1.82, 2.24) is 24.4 Å². The van der Waals surface area contributed by atoms with E-state index in [9.17, 15) is 9.59 Å². The first-order chi connectivity index (χ1) is 19.4. The fourth-order valence-corrected chi connectivity index (χ4v) is 5.43. The van der Waals surface area contributed by atoms with Crippen LogP contribution < -0.4 is 20.4 Å². The molecule has 3 aromatic carbocycles. The minimum atomic E-state index is -0.448. The molecule has 0 N–H and O–H groups in total. The number of hydrogen-bond donors (Lipinski definition) is 0. The molecule has 0 saturated heterocycles. The Balaban J connectivity index is 1.48. The van der Waals surface area contributed by atoms with Gasteiger partial charge in [-0.25, -0.2) is 4.68 Å². The molecule has 8 nitrogen and oxygen atoms in total. The van der Waals surface area contributed by atoms with Crippen molar-refractivity contribution in [3.63, 3.8) is 0 Å². The number of nitrogens with zero attached hydrogens (tertiary/aromatic N) is 5. The number of ether oxygens (including phenoxy) is 1. The molecule has 0 amide bonds. The van der Waals surface area contributed by atoms with Gasteiger partial charge in [-0.3, -0.25) is 9.59 Å². The molecule has 0 radical (unpaired) electrons. The maximum Gasteiger partial charge on any atom is 0.296 e. The zero-order valence-corrected chi connectivity index (χ0v) is 23.0. The Morgan fingerprint density at radius 1 is 0.950 bits per heavy atom. The van der Waals surface area contributed by atoms with Crippen molar-refractivity contribution in [2.24, 2.45) is 0 Å². The highest BCUT2D eigenvalue weighted by molar-refractivity contribution is 7.15. The molecular weight excluding hydrogens is 522 g/mol. The van der Waals surface area contributed by atoms with Crippen molar-refractivity contribution < 1.29 is 4.74 Å². The molecule has 0 aliphatic carbocycles. The minimum absolute atomic E-state index is 0.206. The lowest BCUT2D eigenvalue weighted by Crippen LogP contribution is -2.28. The Morgan fingerprint density at radius 3 is 2.48 bits per heavy atom. The topological polar surface area (TPSA) is 91.4 Å². The summed E-state index contributed by atoms with van der Waals surface area (Å²) in [4.78, 5) is 30.7. The van der Waals surface area contributed by atoms with Crippen molar-refractivity contribution >= 4 is 22.4 Å². The Morgan fingerprint density at radius 2 is 1.73 bits per heavy atom. The van der Waals surface area contributed by atoms with Crippen LogP contribution in [0.1, 0.15) is 27.9 Å². The van der Waals surface area contributed by atoms with Gasteiger partial charge in [-0.2, -0.15) is 19.7 Å². The van der Waals surface area contributed by atoms with Crippen LogP contribution in [0, 0.1) is 13.8 Å². The van der Waals surface area contributed by atoms with Crippen LogP contribution in [-0.2, 0) is 6.42 Å². The third-order valence-corrected chi connectivity index (χ3v) is 7.64. The lowest BCUT2D eigenvalue weighted by Gasteiger charge is -2.05. The third kappa shape index (κ3) is 4.83. The molecule has 0 unspecified atom stereocenters. The standard InChI is InChI=1S/C31H25N5O3S/c1-19-9-10-20(2)25(15-19)28-22(18-35(34-28)23-7-5-4-6-8-23)17-27-30(38)36-31(40-27)32-29(37)26(33-36)16-21-11-13-24(39-3)14-12-21/h4-15,17-18H,16H2,1-3H3. The first-order valence-corrected chi connectivity index (χ1v) is 13.5. The van der Waals surface area contributed by atoms with E-state index in [1.54, 1.807) is 13.2 Å². The molecule has 6 aromatic rings. The molecule has 0 fully saturated rings. The Bertz CT molecular complexity index is 2030. The van der Waals surface area contributed by atoms with E-state index in [-0.39, 0.29) is 22.6 Å². The summed E-state index contributed by atoms with van der Waals surface area (Å²) in [6.07, 6.45) is 3.98. The average Bonchev–Trinajstić information content (AvgIpc) is 3.52. The second-order valence-electron chi connectivity index (χ2n) is 9.53. The SMILES string of the molecule is COc1ccc(Cc2nn3c(=O)c(=Cc4cn(-c5ccccc5)nc4-c4cc(C)ccc4C)sc3nc2=O)cc1. The van der Waals surface area contributed by atoms with E-state index >= 15 is 0 Å². The van der Waals surface area contributed by atoms with E-state index in [4.69, 9.17) is 9.84 Å². The number of hydrogen-bond acceptors (Lipinski definition) is 7. The summed E-state index contributed by atoms with van der Waals surface area (Å²) in [6.45, 7) is 4.09. The van der Waals surface area contributed by atoms with Gasteiger partial charge in [-0.1, -0.05) is 59.4 Å². The molecule has 0 bridgehead atoms. The van der Waals surface area contributed by atoms with Crippen LogP contribution in [0.2, 0.25) is 0 Å². The second-order valence-corrected chi connectivity index (χ2v) is 10.5. The molecule has 40 heavy (non-hydrogen) atoms. The predicted octanol–water partition coefficient (Wildman–Crippen LogP) is 4.13. The zero-order valence-electron chi connectivity index (χ0n) is 22.2. The number of thiazole rings is 1. The van der Waals surface area contributed by atoms with Crippen molar-refractivity contribution in [3.05, 3.63) is 132 Å². The minimum Gasteiger partial charge on any atom is -0.497 e. The van der Waals surface area contributed by atoms with Crippen LogP contribution >= 0.6 is 11.3 Å². The molecule has 3 aromatic heterocycles. The molecule has 0 aliphatic heterocycles. The van der Waals surface area contributed by atoms with Gasteiger partial charge in [0.15, 0.2) is 0 Å². The predicted molar refractivity (Wildman–Crippen MR) is 156 cm³/mol. The molecule has 6 rings (SSSR count). The van der Waals surface area contributed by atoms with E-state index in [0.717, 1.165) is 56.3 Å². The fraction of sp³-hybridized carbons (Fsp3) is 0.129. The highest BCUT2D eigenvalue weighted by atomic mass is 32.1. The molecule has 0 aliphatic rings. The van der Waals surface area contributed by atoms with Crippen LogP contribution in [-0.4, -0.2) is 31.5 Å². The largest absolute Gasteiger partial charge is 0.497 e. The van der Waals surface area contributed by atoms with Crippen molar-refractivity contribution in [2.45, 2.75) is 20.3 Å². The lowest BCUT2D eigenvalue weighted by atomic mass is 10.0. The quantitative estimate of drug-likeness (QED) is 0.312. The van der Waals surface area contributed by atoms with Crippen LogP contribution in [0.15, 0.2) is 88.6 Å². The van der Waals surface area contributed by atoms with E-state index < -0.39 is 5.56 Å². The van der Waals surface area contributed by atoms with E-state index in [1.165, 1.54) is 4.52 Å². The highest BCUT2D eigenvalue weighted by Gasteiger charge is 2.16. The van der Waals surface area contributed by atoms with Gasteiger partial charge in [-0.05, 0) is 61.4 Å². The summed E-state index contributed by atoms with van der Waals surface area (Å²) in [5, 5.41) is 9.31. The van der Waals surface area contributed by atoms with Crippen LogP contribution in [0.5, 0.6) is 5.75 Å². The summed E-state index contributed by atoms with van der Waals surface area (Å²) in [5.41, 5.74) is 5.92. The zero-order chi connectivity index (χ0) is 27.8. The van der Waals surface area contributed by atoms with Gasteiger partial charge in [0.1, 0.15) is 17.1 Å². The lowest BCUT2D eigenvalue weighted by molar-refractivity contribution is 0.414. The van der Waals surface area contributed by atoms with Crippen LogP contribution in [0.25, 0.3) is 28.0 Å². The maximum absolute atomic E-state index is 13.5. The van der Waals surface area contributed by atoms with Gasteiger partial charge in [0.05, 0.1) is 17.3 Å². The molecule has 0 saturated carbocycles. The smallest absolute Gasteiger partial charge is 0.296 e. The molecule has 9 heteroatoms. The maximum atomic E-state index is 13.5. The van der Waals surface area contributed by atoms with E-state index in [2.05, 4.69) is 28.3 Å². The van der Waals surface area contributed by atoms with Crippen molar-refractivity contribution in [2.75, 3.05) is 7.11 Å². The molecular formula is C31H25N5O3S. The third-order valence-electron chi connectivity index (χ3n) is 6.68. The summed E-state index contributed by atoms with van der Waals surface area (Å²) in [5.74, 6) is 0.720. The second kappa shape index (κ2) is 10.3. The van der Waals surface area contributed by atoms with Gasteiger partial charge in [0.2, 0.25) is 4.96 Å². The summed E-state index contributed by atoms with van der Waals surface area (Å²) >= 11 is 1.14. The number of aryl methyl sites for hydroxylation is 2. The van der Waals surface area contributed by atoms with Gasteiger partial charge in [0, 0.05) is 23.7 Å². The monoisotopic (exact) mass is 547 g/mol. The number of methoxy groups -OCH3 is 1. The van der Waals surface area contributed by atoms with Gasteiger partial charge >= 0.3 is 0 Å². The van der Waals surface area contributed by atoms with Crippen molar-refractivity contribution in [1.29, 1.82) is 0 Å². The number of rotatable bonds is 6. The fourth-order valence-electron chi connectivity index (χ4n) is 4.54. The Hall–Kier alpha value is -4.89. The number of benzene rings is 3. The summed E-state index contributed by atoms with van der Waals surface area (Å²) in [6, 6.07) is 23.4. The van der Waals surface area contributed by atoms with Gasteiger partial charge < -0.3 is 4.74 Å². The summed E-state index contributed by atoms with van der Waals surface area (Å²) < 4.78 is 8.65. The van der Waals surface area contributed by atoms with Gasteiger partial charge in [0.25, 0.3) is 11.1 Å². The molecule has 198 valence electrons. The first-order valence-electron chi connectivity index (χ1n) is 12.7. The first kappa shape index (κ1) is 25.4. The molecule has 0 spiro atoms. The molecule has 3 heterocycles. The molecule has 0 atom stereocenters. The Kier molecular flexibility index (Phi) is 6.57.